The average Bonchev–Trinajstić information content (AvgIpc) is 3.27. The maximum atomic E-state index is 11.4. The Morgan fingerprint density at radius 3 is 2.55 bits per heavy atom. The molecule has 1 aliphatic heterocycles. The molecule has 196 valence electrons. The molecule has 0 aliphatic carbocycles. The van der Waals surface area contributed by atoms with Gasteiger partial charge in [-0.1, -0.05) is 56.3 Å². The van der Waals surface area contributed by atoms with E-state index in [2.05, 4.69) is 66.0 Å². The zero-order valence-corrected chi connectivity index (χ0v) is 22.5. The Morgan fingerprint density at radius 1 is 1.08 bits per heavy atom. The predicted molar refractivity (Wildman–Crippen MR) is 153 cm³/mol. The van der Waals surface area contributed by atoms with Crippen LogP contribution in [0.1, 0.15) is 49.1 Å². The fourth-order valence-corrected chi connectivity index (χ4v) is 5.33. The molecule has 4 aromatic rings. The van der Waals surface area contributed by atoms with Gasteiger partial charge in [-0.2, -0.15) is 5.10 Å². The van der Waals surface area contributed by atoms with E-state index >= 15 is 0 Å². The topological polar surface area (TPSA) is 85.4 Å². The number of nitrogens with two attached hydrogens (primary N) is 1. The molecule has 1 aromatic heterocycles. The smallest absolute Gasteiger partial charge is 0.316 e. The van der Waals surface area contributed by atoms with Crippen molar-refractivity contribution in [3.63, 3.8) is 0 Å². The lowest BCUT2D eigenvalue weighted by atomic mass is 9.96. The number of aryl methyl sites for hydroxylation is 1. The van der Waals surface area contributed by atoms with Gasteiger partial charge in [0.1, 0.15) is 11.4 Å². The summed E-state index contributed by atoms with van der Waals surface area (Å²) < 4.78 is 8.11. The van der Waals surface area contributed by atoms with Gasteiger partial charge in [0.05, 0.1) is 18.0 Å². The van der Waals surface area contributed by atoms with Crippen LogP contribution in [-0.2, 0) is 13.0 Å². The zero-order chi connectivity index (χ0) is 26.8. The van der Waals surface area contributed by atoms with Gasteiger partial charge in [-0.3, -0.25) is 0 Å². The summed E-state index contributed by atoms with van der Waals surface area (Å²) in [7, 11) is 0. The number of hydrogen-bond acceptors (Lipinski definition) is 4. The van der Waals surface area contributed by atoms with Crippen molar-refractivity contribution in [2.75, 3.05) is 23.4 Å². The van der Waals surface area contributed by atoms with Gasteiger partial charge in [-0.25, -0.2) is 9.48 Å². The summed E-state index contributed by atoms with van der Waals surface area (Å²) in [5.74, 6) is 1.24. The number of carbonyl (C=O) groups excluding carboxylic acids is 1. The number of rotatable bonds is 7. The zero-order valence-electron chi connectivity index (χ0n) is 22.5. The fourth-order valence-electron chi connectivity index (χ4n) is 5.33. The first-order chi connectivity index (χ1) is 18.4. The van der Waals surface area contributed by atoms with E-state index in [1.807, 2.05) is 43.3 Å². The van der Waals surface area contributed by atoms with Crippen LogP contribution in [0.15, 0.2) is 66.7 Å². The maximum absolute atomic E-state index is 11.4. The number of nitrogens with one attached hydrogen (secondary N) is 1. The number of hydrogen-bond donors (Lipinski definition) is 2. The molecule has 0 spiro atoms. The fraction of sp³-hybridized carbons (Fsp3) is 0.290. The highest BCUT2D eigenvalue weighted by Gasteiger charge is 2.29. The van der Waals surface area contributed by atoms with Crippen LogP contribution in [0.5, 0.6) is 5.75 Å². The maximum Gasteiger partial charge on any atom is 0.316 e. The van der Waals surface area contributed by atoms with Crippen LogP contribution < -0.4 is 20.7 Å². The molecule has 0 radical (unpaired) electrons. The number of urea groups is 1. The van der Waals surface area contributed by atoms with Gasteiger partial charge in [0.2, 0.25) is 0 Å². The first-order valence-electron chi connectivity index (χ1n) is 13.2. The van der Waals surface area contributed by atoms with Crippen LogP contribution in [0.25, 0.3) is 16.9 Å². The van der Waals surface area contributed by atoms with E-state index in [4.69, 9.17) is 15.6 Å². The number of benzene rings is 3. The van der Waals surface area contributed by atoms with Gasteiger partial charge in [0, 0.05) is 42.0 Å². The molecule has 7 nitrogen and oxygen atoms in total. The Kier molecular flexibility index (Phi) is 7.09. The van der Waals surface area contributed by atoms with E-state index in [1.165, 1.54) is 16.8 Å². The standard InChI is InChI=1S/C31H35N5O2/c1-5-38-28-12-8-9-21(4)29(28)36-30(22-13-15-23(16-14-22)33-31(32)37)25-19-35(18-17-26(25)34-36)27-11-7-6-10-24(27)20(2)3/h6-16,20H,5,17-19H2,1-4H3,(H3,32,33,37). The molecule has 0 atom stereocenters. The highest BCUT2D eigenvalue weighted by atomic mass is 16.5. The molecule has 38 heavy (non-hydrogen) atoms. The predicted octanol–water partition coefficient (Wildman–Crippen LogP) is 6.42. The van der Waals surface area contributed by atoms with Crippen molar-refractivity contribution < 1.29 is 9.53 Å². The third-order valence-corrected chi connectivity index (χ3v) is 7.07. The molecule has 0 bridgehead atoms. The van der Waals surface area contributed by atoms with Gasteiger partial charge in [0.25, 0.3) is 0 Å². The molecule has 0 saturated carbocycles. The third kappa shape index (κ3) is 4.84. The summed E-state index contributed by atoms with van der Waals surface area (Å²) in [5.41, 5.74) is 15.0. The minimum absolute atomic E-state index is 0.431. The van der Waals surface area contributed by atoms with E-state index < -0.39 is 6.03 Å². The van der Waals surface area contributed by atoms with Crippen LogP contribution in [0, 0.1) is 6.92 Å². The summed E-state index contributed by atoms with van der Waals surface area (Å²) >= 11 is 0. The second kappa shape index (κ2) is 10.6. The number of para-hydroxylation sites is 2. The third-order valence-electron chi connectivity index (χ3n) is 7.07. The van der Waals surface area contributed by atoms with Crippen molar-refractivity contribution in [1.29, 1.82) is 0 Å². The Bertz CT molecular complexity index is 1460. The summed E-state index contributed by atoms with van der Waals surface area (Å²) in [4.78, 5) is 13.8. The van der Waals surface area contributed by atoms with Crippen molar-refractivity contribution in [1.82, 2.24) is 9.78 Å². The van der Waals surface area contributed by atoms with Crippen LogP contribution in [0.3, 0.4) is 0 Å². The second-order valence-corrected chi connectivity index (χ2v) is 9.99. The Balaban J connectivity index is 1.67. The summed E-state index contributed by atoms with van der Waals surface area (Å²) in [5, 5.41) is 7.83. The minimum atomic E-state index is -0.583. The second-order valence-electron chi connectivity index (χ2n) is 9.99. The van der Waals surface area contributed by atoms with Crippen molar-refractivity contribution in [3.05, 3.63) is 89.1 Å². The molecule has 0 unspecified atom stereocenters. The summed E-state index contributed by atoms with van der Waals surface area (Å²) in [6.07, 6.45) is 0.846. The van der Waals surface area contributed by atoms with E-state index in [1.54, 1.807) is 0 Å². The number of nitrogens with zero attached hydrogens (tertiary/aromatic N) is 3. The lowest BCUT2D eigenvalue weighted by Crippen LogP contribution is -2.31. The normalized spacial score (nSPS) is 12.9. The molecule has 2 amide bonds. The molecular formula is C31H35N5O2. The highest BCUT2D eigenvalue weighted by Crippen LogP contribution is 2.39. The molecule has 7 heteroatoms. The first kappa shape index (κ1) is 25.4. The van der Waals surface area contributed by atoms with Crippen LogP contribution in [-0.4, -0.2) is 29.0 Å². The average molecular weight is 510 g/mol. The number of anilines is 2. The van der Waals surface area contributed by atoms with Crippen LogP contribution >= 0.6 is 0 Å². The Labute approximate surface area is 224 Å². The van der Waals surface area contributed by atoms with Crippen molar-refractivity contribution in [2.45, 2.75) is 46.6 Å². The van der Waals surface area contributed by atoms with E-state index in [0.29, 0.717) is 18.2 Å². The van der Waals surface area contributed by atoms with Crippen molar-refractivity contribution in [2.24, 2.45) is 5.73 Å². The van der Waals surface area contributed by atoms with Crippen molar-refractivity contribution in [3.8, 4) is 22.7 Å². The van der Waals surface area contributed by atoms with E-state index in [9.17, 15) is 4.79 Å². The Hall–Kier alpha value is -4.26. The molecule has 3 N–H and O–H groups in total. The SMILES string of the molecule is CCOc1cccc(C)c1-n1nc2c(c1-c1ccc(NC(N)=O)cc1)CN(c1ccccc1C(C)C)CC2. The number of aromatic nitrogens is 2. The van der Waals surface area contributed by atoms with Crippen LogP contribution in [0.2, 0.25) is 0 Å². The largest absolute Gasteiger partial charge is 0.492 e. The molecular weight excluding hydrogens is 474 g/mol. The summed E-state index contributed by atoms with van der Waals surface area (Å²) in [6, 6.07) is 22.0. The van der Waals surface area contributed by atoms with Gasteiger partial charge < -0.3 is 20.7 Å². The van der Waals surface area contributed by atoms with Gasteiger partial charge >= 0.3 is 6.03 Å². The lowest BCUT2D eigenvalue weighted by molar-refractivity contribution is 0.259. The van der Waals surface area contributed by atoms with Gasteiger partial charge in [-0.05, 0) is 55.2 Å². The Morgan fingerprint density at radius 2 is 1.84 bits per heavy atom. The molecule has 5 rings (SSSR count). The summed E-state index contributed by atoms with van der Waals surface area (Å²) in [6.45, 7) is 10.8. The molecule has 0 saturated heterocycles. The van der Waals surface area contributed by atoms with Crippen LogP contribution in [0.4, 0.5) is 16.2 Å². The number of fused-ring (bicyclic) bond motifs is 1. The first-order valence-corrected chi connectivity index (χ1v) is 13.2. The monoisotopic (exact) mass is 509 g/mol. The lowest BCUT2D eigenvalue weighted by Gasteiger charge is -2.31. The highest BCUT2D eigenvalue weighted by molar-refractivity contribution is 5.88. The van der Waals surface area contributed by atoms with Gasteiger partial charge in [-0.15, -0.1) is 0 Å². The molecule has 0 fully saturated rings. The minimum Gasteiger partial charge on any atom is -0.492 e. The van der Waals surface area contributed by atoms with Gasteiger partial charge in [0.15, 0.2) is 0 Å². The molecule has 3 aromatic carbocycles. The number of amides is 2. The number of primary amides is 1. The number of carbonyl (C=O) groups is 1. The quantitative estimate of drug-likeness (QED) is 0.301. The van der Waals surface area contributed by atoms with E-state index in [-0.39, 0.29) is 0 Å². The molecule has 1 aliphatic rings. The molecule has 2 heterocycles. The van der Waals surface area contributed by atoms with E-state index in [0.717, 1.165) is 53.5 Å². The van der Waals surface area contributed by atoms with Crippen molar-refractivity contribution >= 4 is 17.4 Å². The number of ether oxygens (including phenoxy) is 1.